The van der Waals surface area contributed by atoms with Crippen molar-refractivity contribution in [3.05, 3.63) is 68.4 Å². The fourth-order valence-corrected chi connectivity index (χ4v) is 4.94. The zero-order valence-corrected chi connectivity index (χ0v) is 18.8. The van der Waals surface area contributed by atoms with Crippen LogP contribution in [0.1, 0.15) is 36.7 Å². The summed E-state index contributed by atoms with van der Waals surface area (Å²) in [5.74, 6) is -1.94. The molecule has 3 aromatic rings. The van der Waals surface area contributed by atoms with Crippen molar-refractivity contribution in [2.45, 2.75) is 44.2 Å². The number of aromatic amines is 1. The average molecular weight is 552 g/mol. The van der Waals surface area contributed by atoms with Crippen LogP contribution in [-0.2, 0) is 6.42 Å². The van der Waals surface area contributed by atoms with E-state index in [9.17, 15) is 17.6 Å². The number of H-pyrrole nitrogens is 1. The van der Waals surface area contributed by atoms with E-state index in [0.29, 0.717) is 16.5 Å². The van der Waals surface area contributed by atoms with Gasteiger partial charge in [0, 0.05) is 32.3 Å². The Morgan fingerprint density at radius 3 is 2.26 bits per heavy atom. The highest BCUT2D eigenvalue weighted by Gasteiger charge is 2.52. The number of benzene rings is 2. The predicted octanol–water partition coefficient (Wildman–Crippen LogP) is 6.68. The van der Waals surface area contributed by atoms with Crippen LogP contribution < -0.4 is 0 Å². The molecule has 1 aliphatic rings. The summed E-state index contributed by atoms with van der Waals surface area (Å²) in [6.45, 7) is 1.65. The first kappa shape index (κ1) is 22.4. The van der Waals surface area contributed by atoms with Crippen LogP contribution in [0.2, 0.25) is 0 Å². The Kier molecular flexibility index (Phi) is 5.56. The lowest BCUT2D eigenvalue weighted by atomic mass is 9.86. The molecular formula is C22H19F6IN2. The number of alkyl halides is 4. The Labute approximate surface area is 188 Å². The van der Waals surface area contributed by atoms with E-state index >= 15 is 8.78 Å². The van der Waals surface area contributed by atoms with Crippen LogP contribution in [0.15, 0.2) is 36.4 Å². The number of rotatable bonds is 3. The maximum absolute atomic E-state index is 15.0. The highest BCUT2D eigenvalue weighted by atomic mass is 127. The number of aromatic nitrogens is 1. The van der Waals surface area contributed by atoms with Gasteiger partial charge in [0.25, 0.3) is 0 Å². The number of hydrogen-bond acceptors (Lipinski definition) is 1. The predicted molar refractivity (Wildman–Crippen MR) is 115 cm³/mol. The molecular weight excluding hydrogens is 533 g/mol. The van der Waals surface area contributed by atoms with Crippen LogP contribution in [-0.4, -0.2) is 34.3 Å². The van der Waals surface area contributed by atoms with Gasteiger partial charge in [0.05, 0.1) is 6.04 Å². The molecule has 0 saturated carbocycles. The second kappa shape index (κ2) is 7.68. The standard InChI is InChI=1S/C22H19F6IN2/c1-21(2,25)10-31-17(22(26,27)28)9-13-12-5-3-4-6-16(12)30-19(13)20(31)18-14(23)7-11(29)8-15(18)24/h3-8,17,20,30H,9-10H2,1-2H3. The van der Waals surface area contributed by atoms with Gasteiger partial charge in [0.15, 0.2) is 0 Å². The molecule has 0 aliphatic carbocycles. The molecule has 2 atom stereocenters. The van der Waals surface area contributed by atoms with E-state index in [2.05, 4.69) is 4.98 Å². The molecule has 4 rings (SSSR count). The van der Waals surface area contributed by atoms with Gasteiger partial charge in [-0.3, -0.25) is 4.90 Å². The fraction of sp³-hybridized carbons (Fsp3) is 0.364. The topological polar surface area (TPSA) is 19.0 Å². The number of nitrogens with zero attached hydrogens (tertiary/aromatic N) is 1. The number of fused-ring (bicyclic) bond motifs is 3. The summed E-state index contributed by atoms with van der Waals surface area (Å²) >= 11 is 1.73. The van der Waals surface area contributed by atoms with E-state index in [1.807, 2.05) is 0 Å². The van der Waals surface area contributed by atoms with Gasteiger partial charge >= 0.3 is 6.18 Å². The van der Waals surface area contributed by atoms with Crippen LogP contribution in [0.25, 0.3) is 10.9 Å². The summed E-state index contributed by atoms with van der Waals surface area (Å²) in [6, 6.07) is 5.34. The van der Waals surface area contributed by atoms with Gasteiger partial charge in [-0.2, -0.15) is 13.2 Å². The molecule has 166 valence electrons. The molecule has 1 aromatic heterocycles. The third-order valence-electron chi connectivity index (χ3n) is 5.50. The minimum Gasteiger partial charge on any atom is -0.357 e. The molecule has 0 amide bonds. The zero-order chi connectivity index (χ0) is 22.7. The molecule has 9 heteroatoms. The Morgan fingerprint density at radius 1 is 1.06 bits per heavy atom. The second-order valence-corrected chi connectivity index (χ2v) is 9.65. The number of halogens is 7. The quantitative estimate of drug-likeness (QED) is 0.284. The minimum absolute atomic E-state index is 0.255. The molecule has 0 bridgehead atoms. The summed E-state index contributed by atoms with van der Waals surface area (Å²) in [5, 5.41) is 0.558. The number of nitrogens with one attached hydrogen (secondary N) is 1. The minimum atomic E-state index is -4.73. The molecule has 2 heterocycles. The number of para-hydroxylation sites is 1. The van der Waals surface area contributed by atoms with Crippen molar-refractivity contribution < 1.29 is 26.3 Å². The van der Waals surface area contributed by atoms with Crippen LogP contribution in [0, 0.1) is 15.2 Å². The lowest BCUT2D eigenvalue weighted by molar-refractivity contribution is -0.195. The van der Waals surface area contributed by atoms with Gasteiger partial charge in [0.2, 0.25) is 0 Å². The van der Waals surface area contributed by atoms with Gasteiger partial charge in [-0.05, 0) is 66.6 Å². The summed E-state index contributed by atoms with van der Waals surface area (Å²) in [5.41, 5.74) is -1.39. The second-order valence-electron chi connectivity index (χ2n) is 8.40. The number of hydrogen-bond donors (Lipinski definition) is 1. The Bertz CT molecular complexity index is 1110. The zero-order valence-electron chi connectivity index (χ0n) is 16.6. The molecule has 1 aliphatic heterocycles. The molecule has 0 fully saturated rings. The Balaban J connectivity index is 2.04. The van der Waals surface area contributed by atoms with Gasteiger partial charge in [0.1, 0.15) is 23.3 Å². The Hall–Kier alpha value is -1.75. The smallest absolute Gasteiger partial charge is 0.357 e. The average Bonchev–Trinajstić information content (AvgIpc) is 2.98. The highest BCUT2D eigenvalue weighted by Crippen LogP contribution is 2.46. The molecule has 31 heavy (non-hydrogen) atoms. The van der Waals surface area contributed by atoms with E-state index in [0.717, 1.165) is 30.9 Å². The highest BCUT2D eigenvalue weighted by molar-refractivity contribution is 14.1. The van der Waals surface area contributed by atoms with E-state index in [1.54, 1.807) is 46.9 Å². The third kappa shape index (κ3) is 4.18. The van der Waals surface area contributed by atoms with Crippen molar-refractivity contribution in [2.24, 2.45) is 0 Å². The van der Waals surface area contributed by atoms with Crippen molar-refractivity contribution in [1.29, 1.82) is 0 Å². The monoisotopic (exact) mass is 552 g/mol. The summed E-state index contributed by atoms with van der Waals surface area (Å²) < 4.78 is 87.4. The summed E-state index contributed by atoms with van der Waals surface area (Å²) in [7, 11) is 0. The molecule has 0 spiro atoms. The molecule has 0 saturated heterocycles. The first-order chi connectivity index (χ1) is 14.4. The summed E-state index contributed by atoms with van der Waals surface area (Å²) in [4.78, 5) is 3.89. The van der Waals surface area contributed by atoms with Crippen molar-refractivity contribution in [3.63, 3.8) is 0 Å². The van der Waals surface area contributed by atoms with Crippen molar-refractivity contribution >= 4 is 33.5 Å². The SMILES string of the molecule is CC(C)(F)CN1C(c2c(F)cc(I)cc2F)c2[nH]c3ccccc3c2CC1C(F)(F)F. The lowest BCUT2D eigenvalue weighted by Gasteiger charge is -2.44. The molecule has 2 unspecified atom stereocenters. The maximum Gasteiger partial charge on any atom is 0.404 e. The van der Waals surface area contributed by atoms with Gasteiger partial charge in [-0.15, -0.1) is 0 Å². The maximum atomic E-state index is 15.0. The van der Waals surface area contributed by atoms with Gasteiger partial charge < -0.3 is 4.98 Å². The van der Waals surface area contributed by atoms with E-state index in [4.69, 9.17) is 0 Å². The van der Waals surface area contributed by atoms with Gasteiger partial charge in [-0.1, -0.05) is 18.2 Å². The largest absolute Gasteiger partial charge is 0.404 e. The van der Waals surface area contributed by atoms with Gasteiger partial charge in [-0.25, -0.2) is 13.2 Å². The summed E-state index contributed by atoms with van der Waals surface area (Å²) in [6.07, 6.45) is -5.17. The third-order valence-corrected chi connectivity index (χ3v) is 6.13. The van der Waals surface area contributed by atoms with E-state index in [-0.39, 0.29) is 9.26 Å². The fourth-order valence-electron chi connectivity index (χ4n) is 4.39. The van der Waals surface area contributed by atoms with Crippen molar-refractivity contribution in [1.82, 2.24) is 9.88 Å². The lowest BCUT2D eigenvalue weighted by Crippen LogP contribution is -2.55. The Morgan fingerprint density at radius 2 is 1.68 bits per heavy atom. The first-order valence-electron chi connectivity index (χ1n) is 9.62. The molecule has 2 aromatic carbocycles. The van der Waals surface area contributed by atoms with Crippen LogP contribution in [0.3, 0.4) is 0 Å². The normalized spacial score (nSPS) is 20.3. The van der Waals surface area contributed by atoms with Crippen LogP contribution in [0.5, 0.6) is 0 Å². The van der Waals surface area contributed by atoms with Crippen molar-refractivity contribution in [2.75, 3.05) is 6.54 Å². The van der Waals surface area contributed by atoms with Crippen LogP contribution >= 0.6 is 22.6 Å². The molecule has 2 nitrogen and oxygen atoms in total. The van der Waals surface area contributed by atoms with Crippen molar-refractivity contribution in [3.8, 4) is 0 Å². The molecule has 0 radical (unpaired) electrons. The van der Waals surface area contributed by atoms with E-state index < -0.39 is 54.1 Å². The first-order valence-corrected chi connectivity index (χ1v) is 10.7. The molecule has 1 N–H and O–H groups in total. The van der Waals surface area contributed by atoms with Crippen LogP contribution in [0.4, 0.5) is 26.3 Å². The van der Waals surface area contributed by atoms with E-state index in [1.165, 1.54) is 0 Å².